The summed E-state index contributed by atoms with van der Waals surface area (Å²) in [6, 6.07) is 0. The molecule has 2 aliphatic rings. The predicted octanol–water partition coefficient (Wildman–Crippen LogP) is 4.95. The van der Waals surface area contributed by atoms with E-state index in [0.29, 0.717) is 6.10 Å². The van der Waals surface area contributed by atoms with Crippen LogP contribution in [0.4, 0.5) is 0 Å². The number of epoxide rings is 1. The van der Waals surface area contributed by atoms with E-state index in [0.717, 1.165) is 38.5 Å². The molecule has 1 saturated heterocycles. The van der Waals surface area contributed by atoms with Gasteiger partial charge in [-0.2, -0.15) is 0 Å². The molecule has 2 nitrogen and oxygen atoms in total. The topological polar surface area (TPSA) is 32.8 Å². The molecule has 0 aromatic heterocycles. The van der Waals surface area contributed by atoms with Crippen LogP contribution in [0.5, 0.6) is 0 Å². The second-order valence-electron chi connectivity index (χ2n) is 7.76. The number of ether oxygens (including phenoxy) is 1. The van der Waals surface area contributed by atoms with Crippen molar-refractivity contribution in [3.63, 3.8) is 0 Å². The third-order valence-electron chi connectivity index (χ3n) is 5.13. The van der Waals surface area contributed by atoms with E-state index >= 15 is 0 Å². The molecule has 1 aliphatic carbocycles. The number of hydrogen-bond donors (Lipinski definition) is 1. The van der Waals surface area contributed by atoms with Crippen molar-refractivity contribution in [3.05, 3.63) is 35.5 Å². The molecule has 1 aliphatic heterocycles. The van der Waals surface area contributed by atoms with Gasteiger partial charge in [0.1, 0.15) is 0 Å². The minimum atomic E-state index is 0.0300. The molecule has 0 radical (unpaired) electrons. The predicted molar refractivity (Wildman–Crippen MR) is 92.8 cm³/mol. The van der Waals surface area contributed by atoms with Crippen molar-refractivity contribution in [3.8, 4) is 0 Å². The molecule has 0 amide bonds. The maximum Gasteiger partial charge on any atom is 0.0954 e. The van der Waals surface area contributed by atoms with Crippen molar-refractivity contribution >= 4 is 0 Å². The van der Waals surface area contributed by atoms with Crippen LogP contribution in [0.25, 0.3) is 0 Å². The zero-order chi connectivity index (χ0) is 16.2. The zero-order valence-corrected chi connectivity index (χ0v) is 14.7. The average molecular weight is 304 g/mol. The van der Waals surface area contributed by atoms with Crippen molar-refractivity contribution in [2.24, 2.45) is 5.41 Å². The van der Waals surface area contributed by atoms with Crippen molar-refractivity contribution in [2.75, 3.05) is 6.61 Å². The van der Waals surface area contributed by atoms with Crippen LogP contribution in [0.2, 0.25) is 0 Å². The van der Waals surface area contributed by atoms with Gasteiger partial charge in [-0.15, -0.1) is 0 Å². The minimum Gasteiger partial charge on any atom is -0.392 e. The lowest BCUT2D eigenvalue weighted by atomic mass is 9.80. The Balaban J connectivity index is 2.11. The molecule has 0 bridgehead atoms. The normalized spacial score (nSPS) is 39.0. The number of aliphatic hydroxyl groups is 1. The summed E-state index contributed by atoms with van der Waals surface area (Å²) < 4.78 is 5.88. The monoisotopic (exact) mass is 304 g/mol. The highest BCUT2D eigenvalue weighted by molar-refractivity contribution is 5.14. The van der Waals surface area contributed by atoms with Gasteiger partial charge >= 0.3 is 0 Å². The Labute approximate surface area is 136 Å². The van der Waals surface area contributed by atoms with Crippen LogP contribution in [0, 0.1) is 5.41 Å². The highest BCUT2D eigenvalue weighted by Crippen LogP contribution is 2.44. The summed E-state index contributed by atoms with van der Waals surface area (Å²) in [6.45, 7) is 9.04. The van der Waals surface area contributed by atoms with Crippen LogP contribution in [0.15, 0.2) is 35.5 Å². The Bertz CT molecular complexity index is 470. The first kappa shape index (κ1) is 17.5. The maximum atomic E-state index is 9.59. The molecule has 0 unspecified atom stereocenters. The Morgan fingerprint density at radius 2 is 2.14 bits per heavy atom. The average Bonchev–Trinajstić information content (AvgIpc) is 3.08. The van der Waals surface area contributed by atoms with Crippen molar-refractivity contribution in [1.82, 2.24) is 0 Å². The van der Waals surface area contributed by atoms with Gasteiger partial charge in [0.15, 0.2) is 0 Å². The van der Waals surface area contributed by atoms with Crippen molar-refractivity contribution < 1.29 is 9.84 Å². The van der Waals surface area contributed by atoms with Crippen LogP contribution in [-0.2, 0) is 4.74 Å². The highest BCUT2D eigenvalue weighted by atomic mass is 16.6. The molecule has 22 heavy (non-hydrogen) atoms. The molecule has 0 aromatic rings. The standard InChI is InChI=1S/C20H32O2/c1-16(2)7-5-11-19(3)12-6-13-20(4)18(22-20)9-8-17(15-21)10-14-19/h6-7,10,12,18,21H,5,8-9,11,13-15H2,1-4H3/b12-6+,17-10+/t18-,19+,20-/m0/s1. The molecule has 0 spiro atoms. The fraction of sp³-hybridized carbons (Fsp3) is 0.700. The second kappa shape index (κ2) is 7.14. The third kappa shape index (κ3) is 4.82. The van der Waals surface area contributed by atoms with E-state index in [9.17, 15) is 5.11 Å². The summed E-state index contributed by atoms with van der Waals surface area (Å²) in [6.07, 6.45) is 15.9. The van der Waals surface area contributed by atoms with Crippen LogP contribution < -0.4 is 0 Å². The van der Waals surface area contributed by atoms with E-state index in [1.54, 1.807) is 0 Å². The number of allylic oxidation sites excluding steroid dienone is 4. The maximum absolute atomic E-state index is 9.59. The van der Waals surface area contributed by atoms with E-state index < -0.39 is 0 Å². The van der Waals surface area contributed by atoms with Crippen molar-refractivity contribution in [2.45, 2.75) is 77.9 Å². The van der Waals surface area contributed by atoms with Gasteiger partial charge in [0.25, 0.3) is 0 Å². The molecule has 1 heterocycles. The Morgan fingerprint density at radius 1 is 1.36 bits per heavy atom. The Kier molecular flexibility index (Phi) is 5.68. The highest BCUT2D eigenvalue weighted by Gasteiger charge is 2.50. The lowest BCUT2D eigenvalue weighted by Gasteiger charge is -2.25. The summed E-state index contributed by atoms with van der Waals surface area (Å²) in [4.78, 5) is 0. The summed E-state index contributed by atoms with van der Waals surface area (Å²) in [7, 11) is 0. The summed E-state index contributed by atoms with van der Waals surface area (Å²) in [5, 5.41) is 9.59. The molecular formula is C20H32O2. The summed E-state index contributed by atoms with van der Waals surface area (Å²) in [5.41, 5.74) is 2.75. The summed E-state index contributed by atoms with van der Waals surface area (Å²) >= 11 is 0. The third-order valence-corrected chi connectivity index (χ3v) is 5.13. The van der Waals surface area contributed by atoms with Crippen LogP contribution in [0.3, 0.4) is 0 Å². The van der Waals surface area contributed by atoms with Gasteiger partial charge in [-0.1, -0.05) is 36.8 Å². The molecule has 124 valence electrons. The van der Waals surface area contributed by atoms with E-state index in [1.807, 2.05) is 0 Å². The Hall–Kier alpha value is -0.860. The molecular weight excluding hydrogens is 272 g/mol. The second-order valence-corrected chi connectivity index (χ2v) is 7.76. The quantitative estimate of drug-likeness (QED) is 0.589. The first-order chi connectivity index (χ1) is 10.4. The lowest BCUT2D eigenvalue weighted by molar-refractivity contribution is 0.300. The smallest absolute Gasteiger partial charge is 0.0954 e. The molecule has 2 heteroatoms. The van der Waals surface area contributed by atoms with Gasteiger partial charge in [-0.05, 0) is 70.3 Å². The first-order valence-corrected chi connectivity index (χ1v) is 8.64. The number of aliphatic hydroxyl groups excluding tert-OH is 1. The van der Waals surface area contributed by atoms with Gasteiger partial charge in [0, 0.05) is 0 Å². The van der Waals surface area contributed by atoms with Gasteiger partial charge in [-0.3, -0.25) is 0 Å². The largest absolute Gasteiger partial charge is 0.392 e. The molecule has 1 N–H and O–H groups in total. The van der Waals surface area contributed by atoms with E-state index in [-0.39, 0.29) is 17.6 Å². The minimum absolute atomic E-state index is 0.0300. The van der Waals surface area contributed by atoms with Crippen LogP contribution in [-0.4, -0.2) is 23.4 Å². The molecule has 0 saturated carbocycles. The fourth-order valence-electron chi connectivity index (χ4n) is 3.30. The van der Waals surface area contributed by atoms with Gasteiger partial charge < -0.3 is 9.84 Å². The van der Waals surface area contributed by atoms with Crippen molar-refractivity contribution in [1.29, 1.82) is 0 Å². The van der Waals surface area contributed by atoms with E-state index in [1.165, 1.54) is 11.1 Å². The number of rotatable bonds is 4. The molecule has 3 atom stereocenters. The Morgan fingerprint density at radius 3 is 2.82 bits per heavy atom. The SMILES string of the molecule is CC(C)=CCC[C@]1(C)/C=C/C[C@]2(C)O[C@H]2CC/C(CO)=C\C1. The fourth-order valence-corrected chi connectivity index (χ4v) is 3.30. The molecule has 1 fully saturated rings. The van der Waals surface area contributed by atoms with Crippen LogP contribution >= 0.6 is 0 Å². The van der Waals surface area contributed by atoms with Gasteiger partial charge in [-0.25, -0.2) is 0 Å². The lowest BCUT2D eigenvalue weighted by Crippen LogP contribution is -2.13. The first-order valence-electron chi connectivity index (χ1n) is 8.64. The van der Waals surface area contributed by atoms with Gasteiger partial charge in [0.05, 0.1) is 18.3 Å². The zero-order valence-electron chi connectivity index (χ0n) is 14.7. The number of fused-ring (bicyclic) bond motifs is 1. The van der Waals surface area contributed by atoms with E-state index in [2.05, 4.69) is 52.0 Å². The summed E-state index contributed by atoms with van der Waals surface area (Å²) in [5.74, 6) is 0. The van der Waals surface area contributed by atoms with Crippen LogP contribution in [0.1, 0.15) is 66.2 Å². The number of hydrogen-bond acceptors (Lipinski definition) is 2. The molecule has 0 aromatic carbocycles. The molecule has 2 rings (SSSR count). The van der Waals surface area contributed by atoms with E-state index in [4.69, 9.17) is 4.74 Å². The van der Waals surface area contributed by atoms with Gasteiger partial charge in [0.2, 0.25) is 0 Å².